The molecule has 0 saturated carbocycles. The summed E-state index contributed by atoms with van der Waals surface area (Å²) < 4.78 is 5.41. The van der Waals surface area contributed by atoms with Crippen LogP contribution in [0.15, 0.2) is 72.8 Å². The number of nitrogens with zero attached hydrogens (tertiary/aromatic N) is 1. The second-order valence-electron chi connectivity index (χ2n) is 6.48. The van der Waals surface area contributed by atoms with E-state index in [0.717, 1.165) is 16.8 Å². The number of carbonyl (C=O) groups excluding carboxylic acids is 2. The van der Waals surface area contributed by atoms with Crippen molar-refractivity contribution in [2.75, 3.05) is 11.9 Å². The zero-order valence-corrected chi connectivity index (χ0v) is 15.6. The fourth-order valence-electron chi connectivity index (χ4n) is 2.68. The number of benzene rings is 3. The molecule has 4 nitrogen and oxygen atoms in total. The van der Waals surface area contributed by atoms with Crippen molar-refractivity contribution in [3.05, 3.63) is 95.1 Å². The molecule has 0 radical (unpaired) electrons. The Hall–Kier alpha value is -3.40. The third-order valence-corrected chi connectivity index (χ3v) is 4.29. The standard InChI is InChI=1S/C23H21NO3/c1-16-7-9-18(10-8-16)22(25)24(3)20-11-13-21(14-12-20)27-23(26)19-6-4-5-17(2)15-19/h4-15H,1-3H3. The van der Waals surface area contributed by atoms with E-state index >= 15 is 0 Å². The van der Waals surface area contributed by atoms with Gasteiger partial charge in [0.1, 0.15) is 5.75 Å². The minimum Gasteiger partial charge on any atom is -0.423 e. The van der Waals surface area contributed by atoms with Crippen molar-refractivity contribution in [3.63, 3.8) is 0 Å². The molecule has 0 heterocycles. The molecule has 0 atom stereocenters. The van der Waals surface area contributed by atoms with Crippen LogP contribution in [0.5, 0.6) is 5.75 Å². The summed E-state index contributed by atoms with van der Waals surface area (Å²) in [6.07, 6.45) is 0. The zero-order valence-electron chi connectivity index (χ0n) is 15.6. The smallest absolute Gasteiger partial charge is 0.343 e. The van der Waals surface area contributed by atoms with E-state index in [2.05, 4.69) is 0 Å². The van der Waals surface area contributed by atoms with E-state index in [1.54, 1.807) is 48.3 Å². The number of esters is 1. The fourth-order valence-corrected chi connectivity index (χ4v) is 2.68. The molecular weight excluding hydrogens is 338 g/mol. The third kappa shape index (κ3) is 4.42. The summed E-state index contributed by atoms with van der Waals surface area (Å²) in [5.41, 5.74) is 3.95. The highest BCUT2D eigenvalue weighted by molar-refractivity contribution is 6.05. The maximum atomic E-state index is 12.6. The molecule has 27 heavy (non-hydrogen) atoms. The Labute approximate surface area is 159 Å². The Bertz CT molecular complexity index is 960. The van der Waals surface area contributed by atoms with Gasteiger partial charge in [-0.25, -0.2) is 4.79 Å². The van der Waals surface area contributed by atoms with Crippen LogP contribution in [0.1, 0.15) is 31.8 Å². The first-order chi connectivity index (χ1) is 12.9. The molecule has 3 rings (SSSR count). The summed E-state index contributed by atoms with van der Waals surface area (Å²) in [5.74, 6) is -0.0727. The molecule has 0 unspecified atom stereocenters. The van der Waals surface area contributed by atoms with E-state index in [1.807, 2.05) is 50.2 Å². The number of anilines is 1. The van der Waals surface area contributed by atoms with Crippen LogP contribution in [0.25, 0.3) is 0 Å². The van der Waals surface area contributed by atoms with Crippen molar-refractivity contribution in [2.45, 2.75) is 13.8 Å². The highest BCUT2D eigenvalue weighted by Gasteiger charge is 2.14. The highest BCUT2D eigenvalue weighted by Crippen LogP contribution is 2.21. The normalized spacial score (nSPS) is 10.3. The summed E-state index contributed by atoms with van der Waals surface area (Å²) in [5, 5.41) is 0. The lowest BCUT2D eigenvalue weighted by atomic mass is 10.1. The molecule has 4 heteroatoms. The van der Waals surface area contributed by atoms with Gasteiger partial charge in [-0.1, -0.05) is 35.4 Å². The van der Waals surface area contributed by atoms with Crippen molar-refractivity contribution in [2.24, 2.45) is 0 Å². The number of aryl methyl sites for hydroxylation is 2. The van der Waals surface area contributed by atoms with Crippen LogP contribution in [-0.4, -0.2) is 18.9 Å². The van der Waals surface area contributed by atoms with Crippen molar-refractivity contribution >= 4 is 17.6 Å². The molecule has 0 saturated heterocycles. The zero-order chi connectivity index (χ0) is 19.4. The van der Waals surface area contributed by atoms with Crippen LogP contribution in [0, 0.1) is 13.8 Å². The summed E-state index contributed by atoms with van der Waals surface area (Å²) in [6.45, 7) is 3.90. The van der Waals surface area contributed by atoms with Crippen LogP contribution in [0.2, 0.25) is 0 Å². The number of amides is 1. The molecular formula is C23H21NO3. The van der Waals surface area contributed by atoms with Gasteiger partial charge < -0.3 is 9.64 Å². The van der Waals surface area contributed by atoms with Crippen LogP contribution in [-0.2, 0) is 0 Å². The van der Waals surface area contributed by atoms with Gasteiger partial charge in [0.15, 0.2) is 0 Å². The Morgan fingerprint density at radius 1 is 0.778 bits per heavy atom. The van der Waals surface area contributed by atoms with Gasteiger partial charge >= 0.3 is 5.97 Å². The monoisotopic (exact) mass is 359 g/mol. The molecule has 0 aromatic heterocycles. The fraction of sp³-hybridized carbons (Fsp3) is 0.130. The van der Waals surface area contributed by atoms with E-state index in [9.17, 15) is 9.59 Å². The van der Waals surface area contributed by atoms with E-state index in [4.69, 9.17) is 4.74 Å². The molecule has 0 spiro atoms. The molecule has 1 amide bonds. The first kappa shape index (κ1) is 18.4. The van der Waals surface area contributed by atoms with Gasteiger partial charge in [0.2, 0.25) is 0 Å². The topological polar surface area (TPSA) is 46.6 Å². The number of rotatable bonds is 4. The van der Waals surface area contributed by atoms with Crippen molar-refractivity contribution in [1.82, 2.24) is 0 Å². The lowest BCUT2D eigenvalue weighted by molar-refractivity contribution is 0.0734. The Morgan fingerprint density at radius 3 is 2.07 bits per heavy atom. The van der Waals surface area contributed by atoms with Crippen molar-refractivity contribution in [3.8, 4) is 5.75 Å². The van der Waals surface area contributed by atoms with Crippen molar-refractivity contribution < 1.29 is 14.3 Å². The minimum absolute atomic E-state index is 0.0977. The van der Waals surface area contributed by atoms with Gasteiger partial charge in [-0.2, -0.15) is 0 Å². The van der Waals surface area contributed by atoms with Crippen LogP contribution in [0.3, 0.4) is 0 Å². The van der Waals surface area contributed by atoms with Gasteiger partial charge in [-0.3, -0.25) is 4.79 Å². The summed E-state index contributed by atoms with van der Waals surface area (Å²) in [4.78, 5) is 26.4. The van der Waals surface area contributed by atoms with Gasteiger partial charge in [-0.15, -0.1) is 0 Å². The average Bonchev–Trinajstić information content (AvgIpc) is 2.68. The molecule has 0 aliphatic heterocycles. The number of hydrogen-bond acceptors (Lipinski definition) is 3. The summed E-state index contributed by atoms with van der Waals surface area (Å²) in [7, 11) is 1.72. The van der Waals surface area contributed by atoms with Gasteiger partial charge in [-0.05, 0) is 62.4 Å². The van der Waals surface area contributed by atoms with Crippen LogP contribution < -0.4 is 9.64 Å². The molecule has 3 aromatic rings. The second-order valence-corrected chi connectivity index (χ2v) is 6.48. The van der Waals surface area contributed by atoms with Crippen molar-refractivity contribution in [1.29, 1.82) is 0 Å². The Kier molecular flexibility index (Phi) is 5.36. The lowest BCUT2D eigenvalue weighted by Gasteiger charge is -2.18. The number of ether oxygens (including phenoxy) is 1. The maximum Gasteiger partial charge on any atom is 0.343 e. The van der Waals surface area contributed by atoms with Gasteiger partial charge in [0, 0.05) is 18.3 Å². The van der Waals surface area contributed by atoms with Crippen LogP contribution >= 0.6 is 0 Å². The van der Waals surface area contributed by atoms with E-state index in [0.29, 0.717) is 16.9 Å². The molecule has 0 aliphatic carbocycles. The predicted octanol–water partition coefficient (Wildman–Crippen LogP) is 4.80. The summed E-state index contributed by atoms with van der Waals surface area (Å²) in [6, 6.07) is 21.6. The first-order valence-electron chi connectivity index (χ1n) is 8.68. The molecule has 136 valence electrons. The molecule has 0 N–H and O–H groups in total. The quantitative estimate of drug-likeness (QED) is 0.497. The predicted molar refractivity (Wildman–Crippen MR) is 106 cm³/mol. The number of hydrogen-bond donors (Lipinski definition) is 0. The lowest BCUT2D eigenvalue weighted by Crippen LogP contribution is -2.26. The molecule has 0 bridgehead atoms. The largest absolute Gasteiger partial charge is 0.423 e. The number of carbonyl (C=O) groups is 2. The maximum absolute atomic E-state index is 12.6. The minimum atomic E-state index is -0.407. The second kappa shape index (κ2) is 7.87. The average molecular weight is 359 g/mol. The molecule has 3 aromatic carbocycles. The molecule has 0 aliphatic rings. The van der Waals surface area contributed by atoms with Gasteiger partial charge in [0.25, 0.3) is 5.91 Å². The van der Waals surface area contributed by atoms with E-state index in [-0.39, 0.29) is 5.91 Å². The Morgan fingerprint density at radius 2 is 1.44 bits per heavy atom. The van der Waals surface area contributed by atoms with Crippen LogP contribution in [0.4, 0.5) is 5.69 Å². The van der Waals surface area contributed by atoms with E-state index in [1.165, 1.54) is 0 Å². The first-order valence-corrected chi connectivity index (χ1v) is 8.68. The van der Waals surface area contributed by atoms with E-state index < -0.39 is 5.97 Å². The molecule has 0 fully saturated rings. The third-order valence-electron chi connectivity index (χ3n) is 4.29. The Balaban J connectivity index is 1.70. The highest BCUT2D eigenvalue weighted by atomic mass is 16.5. The van der Waals surface area contributed by atoms with Gasteiger partial charge in [0.05, 0.1) is 5.56 Å². The SMILES string of the molecule is Cc1ccc(C(=O)N(C)c2ccc(OC(=O)c3cccc(C)c3)cc2)cc1. The summed E-state index contributed by atoms with van der Waals surface area (Å²) >= 11 is 0.